The average molecular weight is 673 g/mol. The number of benzene rings is 9. The van der Waals surface area contributed by atoms with Crippen molar-refractivity contribution in [2.45, 2.75) is 0 Å². The van der Waals surface area contributed by atoms with Crippen molar-refractivity contribution in [1.82, 2.24) is 0 Å². The van der Waals surface area contributed by atoms with Gasteiger partial charge in [-0.1, -0.05) is 152 Å². The SMILES string of the molecule is C=C(c1ccc2c(c1)oc1cc(-c3ccc4ccc(-c5ccc6c7c(cccc57)-c5ccccc5-6)cc4c3)ccc12)c1ccccc1-c1ccccc1. The molecule has 0 unspecified atom stereocenters. The smallest absolute Gasteiger partial charge is 0.136 e. The molecule has 1 nitrogen and oxygen atoms in total. The number of fused-ring (bicyclic) bond motifs is 7. The molecule has 0 aliphatic heterocycles. The Morgan fingerprint density at radius 2 is 0.962 bits per heavy atom. The highest BCUT2D eigenvalue weighted by atomic mass is 16.3. The van der Waals surface area contributed by atoms with E-state index in [0.29, 0.717) is 0 Å². The first-order chi connectivity index (χ1) is 26.2. The fraction of sp³-hybridized carbons (Fsp3) is 0. The van der Waals surface area contributed by atoms with Crippen LogP contribution in [0.1, 0.15) is 11.1 Å². The van der Waals surface area contributed by atoms with Crippen LogP contribution in [0.4, 0.5) is 0 Å². The molecule has 0 bridgehead atoms. The summed E-state index contributed by atoms with van der Waals surface area (Å²) in [7, 11) is 0. The topological polar surface area (TPSA) is 13.1 Å². The van der Waals surface area contributed by atoms with E-state index in [0.717, 1.165) is 44.2 Å². The van der Waals surface area contributed by atoms with Gasteiger partial charge in [0.2, 0.25) is 0 Å². The fourth-order valence-corrected chi connectivity index (χ4v) is 8.57. The summed E-state index contributed by atoms with van der Waals surface area (Å²) in [4.78, 5) is 0. The average Bonchev–Trinajstić information content (AvgIpc) is 3.76. The van der Waals surface area contributed by atoms with Crippen molar-refractivity contribution in [1.29, 1.82) is 0 Å². The molecule has 1 aromatic heterocycles. The summed E-state index contributed by atoms with van der Waals surface area (Å²) in [5.74, 6) is 0. The van der Waals surface area contributed by atoms with Crippen molar-refractivity contribution >= 4 is 49.1 Å². The number of rotatable bonds is 5. The van der Waals surface area contributed by atoms with E-state index in [1.54, 1.807) is 0 Å². The Labute approximate surface area is 307 Å². The van der Waals surface area contributed by atoms with E-state index in [1.165, 1.54) is 71.6 Å². The van der Waals surface area contributed by atoms with E-state index in [4.69, 9.17) is 4.42 Å². The molecule has 1 aliphatic rings. The Hall–Kier alpha value is -6.96. The van der Waals surface area contributed by atoms with Gasteiger partial charge in [-0.2, -0.15) is 0 Å². The largest absolute Gasteiger partial charge is 0.456 e. The van der Waals surface area contributed by atoms with Crippen LogP contribution >= 0.6 is 0 Å². The normalized spacial score (nSPS) is 11.8. The molecular formula is C52H32O. The maximum atomic E-state index is 6.57. The van der Waals surface area contributed by atoms with Gasteiger partial charge in [-0.25, -0.2) is 0 Å². The summed E-state index contributed by atoms with van der Waals surface area (Å²) >= 11 is 0. The molecule has 1 aliphatic carbocycles. The van der Waals surface area contributed by atoms with Crippen LogP contribution in [0.15, 0.2) is 193 Å². The number of hydrogen-bond donors (Lipinski definition) is 0. The Balaban J connectivity index is 0.953. The Bertz CT molecular complexity index is 3090. The number of furan rings is 1. The van der Waals surface area contributed by atoms with Gasteiger partial charge < -0.3 is 4.42 Å². The summed E-state index contributed by atoms with van der Waals surface area (Å²) in [6.45, 7) is 4.54. The second kappa shape index (κ2) is 11.5. The van der Waals surface area contributed by atoms with Gasteiger partial charge in [-0.05, 0) is 130 Å². The zero-order valence-electron chi connectivity index (χ0n) is 28.9. The fourth-order valence-electron chi connectivity index (χ4n) is 8.57. The maximum absolute atomic E-state index is 6.57. The first-order valence-corrected chi connectivity index (χ1v) is 18.2. The van der Waals surface area contributed by atoms with Gasteiger partial charge in [0.1, 0.15) is 11.2 Å². The van der Waals surface area contributed by atoms with E-state index in [-0.39, 0.29) is 0 Å². The quantitative estimate of drug-likeness (QED) is 0.177. The summed E-state index contributed by atoms with van der Waals surface area (Å²) in [5, 5.41) is 7.32. The van der Waals surface area contributed by atoms with Gasteiger partial charge in [0.05, 0.1) is 0 Å². The molecule has 246 valence electrons. The van der Waals surface area contributed by atoms with Crippen molar-refractivity contribution in [3.05, 3.63) is 200 Å². The van der Waals surface area contributed by atoms with E-state index < -0.39 is 0 Å². The minimum absolute atomic E-state index is 0.865. The minimum atomic E-state index is 0.865. The molecule has 0 amide bonds. The van der Waals surface area contributed by atoms with Gasteiger partial charge in [0.25, 0.3) is 0 Å². The van der Waals surface area contributed by atoms with E-state index in [2.05, 4.69) is 183 Å². The molecule has 0 spiro atoms. The highest BCUT2D eigenvalue weighted by Gasteiger charge is 2.22. The molecule has 11 rings (SSSR count). The van der Waals surface area contributed by atoms with Gasteiger partial charge in [-0.15, -0.1) is 0 Å². The summed E-state index contributed by atoms with van der Waals surface area (Å²) < 4.78 is 6.57. The molecule has 0 radical (unpaired) electrons. The lowest BCUT2D eigenvalue weighted by atomic mass is 9.91. The molecule has 53 heavy (non-hydrogen) atoms. The van der Waals surface area contributed by atoms with Gasteiger partial charge >= 0.3 is 0 Å². The third kappa shape index (κ3) is 4.64. The lowest BCUT2D eigenvalue weighted by Crippen LogP contribution is -1.90. The van der Waals surface area contributed by atoms with Crippen molar-refractivity contribution < 1.29 is 4.42 Å². The lowest BCUT2D eigenvalue weighted by Gasteiger charge is -2.13. The van der Waals surface area contributed by atoms with Gasteiger partial charge in [0, 0.05) is 10.8 Å². The van der Waals surface area contributed by atoms with Crippen LogP contribution in [0, 0.1) is 0 Å². The second-order valence-electron chi connectivity index (χ2n) is 14.1. The van der Waals surface area contributed by atoms with Crippen molar-refractivity contribution in [3.8, 4) is 55.6 Å². The minimum Gasteiger partial charge on any atom is -0.456 e. The van der Waals surface area contributed by atoms with Crippen LogP contribution in [0.5, 0.6) is 0 Å². The monoisotopic (exact) mass is 672 g/mol. The van der Waals surface area contributed by atoms with Crippen molar-refractivity contribution in [3.63, 3.8) is 0 Å². The zero-order chi connectivity index (χ0) is 35.0. The summed E-state index contributed by atoms with van der Waals surface area (Å²) in [5.41, 5.74) is 17.3. The highest BCUT2D eigenvalue weighted by molar-refractivity contribution is 6.19. The molecule has 10 aromatic rings. The lowest BCUT2D eigenvalue weighted by molar-refractivity contribution is 0.669. The predicted octanol–water partition coefficient (Wildman–Crippen LogP) is 14.6. The van der Waals surface area contributed by atoms with E-state index in [9.17, 15) is 0 Å². The molecule has 9 aromatic carbocycles. The van der Waals surface area contributed by atoms with E-state index >= 15 is 0 Å². The molecule has 0 atom stereocenters. The molecule has 1 heterocycles. The highest BCUT2D eigenvalue weighted by Crippen LogP contribution is 2.49. The first-order valence-electron chi connectivity index (χ1n) is 18.2. The van der Waals surface area contributed by atoms with Gasteiger partial charge in [0.15, 0.2) is 0 Å². The molecule has 0 saturated carbocycles. The predicted molar refractivity (Wildman–Crippen MR) is 224 cm³/mol. The second-order valence-corrected chi connectivity index (χ2v) is 14.1. The van der Waals surface area contributed by atoms with E-state index in [1.807, 2.05) is 6.07 Å². The van der Waals surface area contributed by atoms with Crippen LogP contribution in [0.3, 0.4) is 0 Å². The third-order valence-electron chi connectivity index (χ3n) is 11.2. The van der Waals surface area contributed by atoms with Crippen molar-refractivity contribution in [2.24, 2.45) is 0 Å². The molecule has 0 fully saturated rings. The van der Waals surface area contributed by atoms with Crippen LogP contribution in [-0.4, -0.2) is 0 Å². The van der Waals surface area contributed by atoms with Gasteiger partial charge in [-0.3, -0.25) is 0 Å². The van der Waals surface area contributed by atoms with Crippen LogP contribution in [-0.2, 0) is 0 Å². The summed E-state index contributed by atoms with van der Waals surface area (Å²) in [6.07, 6.45) is 0. The number of hydrogen-bond acceptors (Lipinski definition) is 1. The Kier molecular flexibility index (Phi) is 6.47. The standard InChI is InChI=1S/C52H32O/c1-32(40-12-5-6-13-41(40)34-10-3-2-4-11-34)35-22-24-45-46-25-23-37(31-51(46)53-50(45)30-35)36-20-18-33-19-21-38(29-39(33)28-36)42-26-27-49-44-15-8-7-14-43(44)48-17-9-16-47(42)52(48)49/h2-31H,1H2. The van der Waals surface area contributed by atoms with Crippen molar-refractivity contribution in [2.75, 3.05) is 0 Å². The first kappa shape index (κ1) is 29.7. The van der Waals surface area contributed by atoms with Crippen LogP contribution in [0.25, 0.3) is 105 Å². The Morgan fingerprint density at radius 1 is 0.358 bits per heavy atom. The van der Waals surface area contributed by atoms with Crippen LogP contribution in [0.2, 0.25) is 0 Å². The summed E-state index contributed by atoms with van der Waals surface area (Å²) in [6, 6.07) is 65.7. The molecule has 1 heteroatoms. The third-order valence-corrected chi connectivity index (χ3v) is 11.2. The zero-order valence-corrected chi connectivity index (χ0v) is 28.9. The molecule has 0 saturated heterocycles. The van der Waals surface area contributed by atoms with Crippen LogP contribution < -0.4 is 0 Å². The molecule has 0 N–H and O–H groups in total. The Morgan fingerprint density at radius 3 is 1.79 bits per heavy atom. The maximum Gasteiger partial charge on any atom is 0.136 e. The molecular weight excluding hydrogens is 641 g/mol.